The third kappa shape index (κ3) is 6.65. The van der Waals surface area contributed by atoms with Crippen molar-refractivity contribution >= 4 is 109 Å². The second-order valence-electron chi connectivity index (χ2n) is 19.7. The molecule has 0 radical (unpaired) electrons. The van der Waals surface area contributed by atoms with Gasteiger partial charge in [0.05, 0.1) is 68.8 Å². The van der Waals surface area contributed by atoms with Crippen molar-refractivity contribution in [2.24, 2.45) is 5.92 Å². The Labute approximate surface area is 426 Å². The zero-order valence-electron chi connectivity index (χ0n) is 40.4. The van der Waals surface area contributed by atoms with Crippen molar-refractivity contribution in [3.8, 4) is 11.3 Å². The highest BCUT2D eigenvalue weighted by Gasteiger charge is 2.29. The number of aromatic nitrogens is 6. The molecule has 0 saturated carbocycles. The molecule has 0 bridgehead atoms. The molecule has 0 N–H and O–H groups in total. The van der Waals surface area contributed by atoms with Crippen molar-refractivity contribution in [3.63, 3.8) is 0 Å². The first-order valence-electron chi connectivity index (χ1n) is 25.4. The highest BCUT2D eigenvalue weighted by Crippen LogP contribution is 2.45. The van der Waals surface area contributed by atoms with Gasteiger partial charge in [-0.25, -0.2) is 15.0 Å². The minimum Gasteiger partial charge on any atom is -0.252 e. The van der Waals surface area contributed by atoms with Crippen LogP contribution in [0.4, 0.5) is 0 Å². The molecule has 2 unspecified atom stereocenters. The Morgan fingerprint density at radius 3 is 1.30 bits per heavy atom. The van der Waals surface area contributed by atoms with E-state index in [-0.39, 0.29) is 11.8 Å². The van der Waals surface area contributed by atoms with Crippen LogP contribution in [0.15, 0.2) is 236 Å². The van der Waals surface area contributed by atoms with Gasteiger partial charge in [0, 0.05) is 49.4 Å². The smallest absolute Gasteiger partial charge is 0.0979 e. The monoisotopic (exact) mass is 944 g/mol. The zero-order chi connectivity index (χ0) is 48.9. The molecule has 0 amide bonds. The van der Waals surface area contributed by atoms with Gasteiger partial charge < -0.3 is 0 Å². The number of hydrogen-bond acceptors (Lipinski definition) is 6. The second kappa shape index (κ2) is 16.8. The number of fused-ring (bicyclic) bond motifs is 18. The Bertz CT molecular complexity index is 4630. The van der Waals surface area contributed by atoms with Gasteiger partial charge in [0.1, 0.15) is 0 Å². The molecule has 0 fully saturated rings. The second-order valence-corrected chi connectivity index (χ2v) is 19.7. The van der Waals surface area contributed by atoms with Crippen molar-refractivity contribution in [1.82, 2.24) is 29.9 Å². The summed E-state index contributed by atoms with van der Waals surface area (Å²) in [5.41, 5.74) is 14.6. The summed E-state index contributed by atoms with van der Waals surface area (Å²) in [6.07, 6.45) is 20.5. The number of hydrogen-bond donors (Lipinski definition) is 0. The Balaban J connectivity index is 0.892. The van der Waals surface area contributed by atoms with Crippen LogP contribution in [0, 0.1) is 5.92 Å². The van der Waals surface area contributed by atoms with E-state index >= 15 is 0 Å². The van der Waals surface area contributed by atoms with Gasteiger partial charge in [0.15, 0.2) is 0 Å². The molecule has 6 nitrogen and oxygen atoms in total. The minimum atomic E-state index is -0.0250. The standard InChI is InChI=1S/C68H44N6/c1-40-58(42-19-16-20-44(34-42)61-38-70-64-53-28-11-5-22-47(53)50-25-8-14-31-56(50)67(64)73-61)35-45(36-59(40)62-39-71-65-54-29-12-6-23-48(54)51-26-9-15-32-57(51)68(65)74-62)41-17-2-3-18-43(33-41)60-37-69-63-52-27-10-4-21-46(52)49-24-7-13-30-55(49)66(63)72-60/h3-40,58H,2H2,1H3. The summed E-state index contributed by atoms with van der Waals surface area (Å²) < 4.78 is 0. The fourth-order valence-corrected chi connectivity index (χ4v) is 12.0. The molecule has 0 aliphatic heterocycles. The summed E-state index contributed by atoms with van der Waals surface area (Å²) in [5.74, 6) is 0.0101. The van der Waals surface area contributed by atoms with Crippen molar-refractivity contribution in [3.05, 3.63) is 253 Å². The summed E-state index contributed by atoms with van der Waals surface area (Å²) in [5, 5.41) is 13.7. The molecule has 13 aromatic rings. The Kier molecular flexibility index (Phi) is 9.57. The van der Waals surface area contributed by atoms with Crippen molar-refractivity contribution in [2.75, 3.05) is 0 Å². The van der Waals surface area contributed by atoms with Gasteiger partial charge in [0.25, 0.3) is 0 Å². The van der Waals surface area contributed by atoms with E-state index in [4.69, 9.17) is 29.9 Å². The summed E-state index contributed by atoms with van der Waals surface area (Å²) in [6, 6.07) is 60.1. The Hall–Kier alpha value is -9.52. The predicted octanol–water partition coefficient (Wildman–Crippen LogP) is 16.8. The van der Waals surface area contributed by atoms with Gasteiger partial charge in [-0.05, 0) is 85.2 Å². The molecule has 0 spiro atoms. The lowest BCUT2D eigenvalue weighted by molar-refractivity contribution is 0.647. The molecule has 10 aromatic carbocycles. The van der Waals surface area contributed by atoms with Crippen LogP contribution < -0.4 is 0 Å². The van der Waals surface area contributed by atoms with E-state index in [1.807, 2.05) is 18.6 Å². The predicted molar refractivity (Wildman–Crippen MR) is 307 cm³/mol. The fraction of sp³-hybridized carbons (Fsp3) is 0.0588. The van der Waals surface area contributed by atoms with Gasteiger partial charge >= 0.3 is 0 Å². The molecule has 74 heavy (non-hydrogen) atoms. The number of rotatable bonds is 5. The zero-order valence-corrected chi connectivity index (χ0v) is 40.4. The third-order valence-electron chi connectivity index (χ3n) is 15.6. The molecule has 3 heterocycles. The van der Waals surface area contributed by atoms with E-state index < -0.39 is 0 Å². The maximum atomic E-state index is 5.59. The largest absolute Gasteiger partial charge is 0.252 e. The average molecular weight is 945 g/mol. The van der Waals surface area contributed by atoms with Gasteiger partial charge in [-0.2, -0.15) is 0 Å². The SMILES string of the molecule is CC1C(c2cnc3c4ccccc4c4ccccc4c3n2)=CC(C2=CCC=CC(c3cnc4c5ccccc5c5ccccc5c4n3)=C2)=CC1c1cccc(-c2cnc3c4ccccc4c4ccccc4c3n2)c1. The fourth-order valence-electron chi connectivity index (χ4n) is 12.0. The van der Waals surface area contributed by atoms with Gasteiger partial charge in [0.2, 0.25) is 0 Å². The summed E-state index contributed by atoms with van der Waals surface area (Å²) in [4.78, 5) is 32.0. The quantitative estimate of drug-likeness (QED) is 0.160. The summed E-state index contributed by atoms with van der Waals surface area (Å²) in [7, 11) is 0. The van der Waals surface area contributed by atoms with E-state index in [0.29, 0.717) is 0 Å². The van der Waals surface area contributed by atoms with Crippen molar-refractivity contribution < 1.29 is 0 Å². The summed E-state index contributed by atoms with van der Waals surface area (Å²) >= 11 is 0. The van der Waals surface area contributed by atoms with E-state index in [1.165, 1.54) is 37.9 Å². The van der Waals surface area contributed by atoms with Crippen molar-refractivity contribution in [1.29, 1.82) is 0 Å². The minimum absolute atomic E-state index is 0.0250. The number of allylic oxidation sites excluding steroid dienone is 10. The molecule has 15 rings (SSSR count). The Morgan fingerprint density at radius 1 is 0.378 bits per heavy atom. The third-order valence-corrected chi connectivity index (χ3v) is 15.6. The topological polar surface area (TPSA) is 77.3 Å². The van der Waals surface area contributed by atoms with E-state index in [0.717, 1.165) is 117 Å². The Morgan fingerprint density at radius 2 is 0.797 bits per heavy atom. The van der Waals surface area contributed by atoms with Crippen LogP contribution >= 0.6 is 0 Å². The molecule has 0 saturated heterocycles. The number of nitrogens with zero attached hydrogens (tertiary/aromatic N) is 6. The van der Waals surface area contributed by atoms with Crippen LogP contribution in [-0.4, -0.2) is 29.9 Å². The molecule has 6 heteroatoms. The van der Waals surface area contributed by atoms with E-state index in [2.05, 4.69) is 213 Å². The van der Waals surface area contributed by atoms with Gasteiger partial charge in [-0.3, -0.25) is 15.0 Å². The molecule has 346 valence electrons. The molecule has 2 atom stereocenters. The first-order chi connectivity index (χ1) is 36.6. The lowest BCUT2D eigenvalue weighted by Crippen LogP contribution is -2.16. The molecule has 2 aliphatic rings. The van der Waals surface area contributed by atoms with Crippen molar-refractivity contribution in [2.45, 2.75) is 19.3 Å². The van der Waals surface area contributed by atoms with Crippen LogP contribution in [0.3, 0.4) is 0 Å². The van der Waals surface area contributed by atoms with E-state index in [9.17, 15) is 0 Å². The molecule has 2 aliphatic carbocycles. The molecule has 3 aromatic heterocycles. The van der Waals surface area contributed by atoms with Crippen LogP contribution in [-0.2, 0) is 0 Å². The van der Waals surface area contributed by atoms with Gasteiger partial charge in [-0.1, -0.05) is 195 Å². The van der Waals surface area contributed by atoms with Crippen LogP contribution in [0.25, 0.3) is 120 Å². The lowest BCUT2D eigenvalue weighted by Gasteiger charge is -2.30. The highest BCUT2D eigenvalue weighted by molar-refractivity contribution is 6.25. The van der Waals surface area contributed by atoms with Crippen LogP contribution in [0.1, 0.15) is 36.2 Å². The average Bonchev–Trinajstić information content (AvgIpc) is 3.74. The highest BCUT2D eigenvalue weighted by atomic mass is 14.8. The van der Waals surface area contributed by atoms with E-state index in [1.54, 1.807) is 0 Å². The van der Waals surface area contributed by atoms with Crippen LogP contribution in [0.2, 0.25) is 0 Å². The van der Waals surface area contributed by atoms with Gasteiger partial charge in [-0.15, -0.1) is 0 Å². The maximum Gasteiger partial charge on any atom is 0.0979 e. The maximum absolute atomic E-state index is 5.59. The normalized spacial score (nSPS) is 16.1. The molecular formula is C68H44N6. The first-order valence-corrected chi connectivity index (χ1v) is 25.4. The summed E-state index contributed by atoms with van der Waals surface area (Å²) in [6.45, 7) is 2.33. The molecular weight excluding hydrogens is 901 g/mol. The van der Waals surface area contributed by atoms with Crippen LogP contribution in [0.5, 0.6) is 0 Å². The number of benzene rings is 10. The first kappa shape index (κ1) is 42.2. The lowest BCUT2D eigenvalue weighted by atomic mass is 9.74.